The molecular formula is C22H23N7O2. The van der Waals surface area contributed by atoms with Crippen LogP contribution >= 0.6 is 0 Å². The lowest BCUT2D eigenvalue weighted by molar-refractivity contribution is -0.134. The van der Waals surface area contributed by atoms with Crippen LogP contribution in [0.2, 0.25) is 0 Å². The molecule has 1 atom stereocenters. The Morgan fingerprint density at radius 2 is 1.71 bits per heavy atom. The average molecular weight is 417 g/mol. The molecule has 0 saturated carbocycles. The molecule has 1 aliphatic heterocycles. The summed E-state index contributed by atoms with van der Waals surface area (Å²) in [6.45, 7) is 4.36. The maximum absolute atomic E-state index is 13.5. The maximum atomic E-state index is 13.5. The number of carbonyl (C=O) groups is 1. The highest BCUT2D eigenvalue weighted by atomic mass is 16.2. The molecule has 158 valence electrons. The lowest BCUT2D eigenvalue weighted by Gasteiger charge is -2.36. The second-order valence-electron chi connectivity index (χ2n) is 7.76. The highest BCUT2D eigenvalue weighted by Crippen LogP contribution is 2.30. The lowest BCUT2D eigenvalue weighted by Crippen LogP contribution is -2.50. The molecule has 9 heteroatoms. The van der Waals surface area contributed by atoms with E-state index in [9.17, 15) is 9.59 Å². The molecule has 1 amide bonds. The second kappa shape index (κ2) is 7.50. The Labute approximate surface area is 178 Å². The molecule has 5 rings (SSSR count). The molecule has 4 aromatic rings. The van der Waals surface area contributed by atoms with Crippen molar-refractivity contribution in [3.05, 3.63) is 59.3 Å². The van der Waals surface area contributed by atoms with E-state index in [2.05, 4.69) is 20.0 Å². The molecule has 0 N–H and O–H groups in total. The number of para-hydroxylation sites is 1. The fraction of sp³-hybridized carbons (Fsp3) is 0.318. The van der Waals surface area contributed by atoms with Gasteiger partial charge < -0.3 is 14.4 Å². The Bertz CT molecular complexity index is 1320. The van der Waals surface area contributed by atoms with Gasteiger partial charge in [0.05, 0.1) is 11.7 Å². The first-order chi connectivity index (χ1) is 15.1. The minimum absolute atomic E-state index is 0.00449. The average Bonchev–Trinajstić information content (AvgIpc) is 3.16. The number of aryl methyl sites for hydroxylation is 1. The normalized spacial score (nSPS) is 15.5. The second-order valence-corrected chi connectivity index (χ2v) is 7.76. The molecule has 0 bridgehead atoms. The minimum Gasteiger partial charge on any atom is -0.337 e. The topological polar surface area (TPSA) is 89.2 Å². The van der Waals surface area contributed by atoms with Crippen LogP contribution in [0.3, 0.4) is 0 Å². The molecule has 1 saturated heterocycles. The smallest absolute Gasteiger partial charge is 0.291 e. The zero-order valence-electron chi connectivity index (χ0n) is 17.5. The maximum Gasteiger partial charge on any atom is 0.291 e. The Hall–Kier alpha value is -3.75. The highest BCUT2D eigenvalue weighted by molar-refractivity contribution is 6.08. The van der Waals surface area contributed by atoms with Crippen molar-refractivity contribution in [1.82, 2.24) is 29.2 Å². The van der Waals surface area contributed by atoms with E-state index >= 15 is 0 Å². The number of hydrogen-bond acceptors (Lipinski definition) is 6. The molecule has 0 unspecified atom stereocenters. The van der Waals surface area contributed by atoms with Crippen LogP contribution < -0.4 is 10.5 Å². The van der Waals surface area contributed by atoms with Gasteiger partial charge in [0.25, 0.3) is 5.56 Å². The van der Waals surface area contributed by atoms with Gasteiger partial charge in [-0.05, 0) is 19.1 Å². The fourth-order valence-corrected chi connectivity index (χ4v) is 4.35. The Kier molecular flexibility index (Phi) is 4.65. The summed E-state index contributed by atoms with van der Waals surface area (Å²) in [5.41, 5.74) is 1.16. The SMILES string of the molecule is C[C@@H](C(=O)N1CCN(c2ncccn2)CC1)n1c2ccccc2c2cnn(C)c(=O)c21. The first kappa shape index (κ1) is 19.2. The van der Waals surface area contributed by atoms with Crippen LogP contribution in [0.5, 0.6) is 0 Å². The number of benzene rings is 1. The monoisotopic (exact) mass is 417 g/mol. The summed E-state index contributed by atoms with van der Waals surface area (Å²) in [6.07, 6.45) is 5.14. The number of fused-ring (bicyclic) bond motifs is 3. The Balaban J connectivity index is 1.48. The van der Waals surface area contributed by atoms with Crippen molar-refractivity contribution in [1.29, 1.82) is 0 Å². The van der Waals surface area contributed by atoms with E-state index in [4.69, 9.17) is 0 Å². The highest BCUT2D eigenvalue weighted by Gasteiger charge is 2.29. The Morgan fingerprint density at radius 1 is 1.00 bits per heavy atom. The molecule has 0 spiro atoms. The van der Waals surface area contributed by atoms with Gasteiger partial charge in [0.15, 0.2) is 0 Å². The predicted octanol–water partition coefficient (Wildman–Crippen LogP) is 1.59. The van der Waals surface area contributed by atoms with E-state index in [-0.39, 0.29) is 11.5 Å². The number of piperazine rings is 1. The van der Waals surface area contributed by atoms with Crippen LogP contribution in [0.1, 0.15) is 13.0 Å². The van der Waals surface area contributed by atoms with Gasteiger partial charge in [-0.25, -0.2) is 14.6 Å². The number of rotatable bonds is 3. The molecule has 0 aliphatic carbocycles. The molecule has 4 heterocycles. The van der Waals surface area contributed by atoms with Crippen molar-refractivity contribution >= 4 is 33.7 Å². The third-order valence-electron chi connectivity index (χ3n) is 5.98. The fourth-order valence-electron chi connectivity index (χ4n) is 4.35. The number of hydrogen-bond donors (Lipinski definition) is 0. The quantitative estimate of drug-likeness (QED) is 0.503. The zero-order valence-corrected chi connectivity index (χ0v) is 17.5. The summed E-state index contributed by atoms with van der Waals surface area (Å²) in [5.74, 6) is 0.677. The van der Waals surface area contributed by atoms with Crippen LogP contribution in [0.25, 0.3) is 21.8 Å². The van der Waals surface area contributed by atoms with Gasteiger partial charge >= 0.3 is 0 Å². The number of nitrogens with zero attached hydrogens (tertiary/aromatic N) is 7. The van der Waals surface area contributed by atoms with Crippen molar-refractivity contribution in [2.75, 3.05) is 31.1 Å². The van der Waals surface area contributed by atoms with Crippen molar-refractivity contribution < 1.29 is 4.79 Å². The minimum atomic E-state index is -0.517. The van der Waals surface area contributed by atoms with E-state index < -0.39 is 6.04 Å². The van der Waals surface area contributed by atoms with Crippen LogP contribution in [-0.4, -0.2) is 61.3 Å². The van der Waals surface area contributed by atoms with E-state index in [0.717, 1.165) is 16.3 Å². The number of anilines is 1. The number of amides is 1. The van der Waals surface area contributed by atoms with Crippen LogP contribution in [0.4, 0.5) is 5.95 Å². The van der Waals surface area contributed by atoms with E-state index in [1.807, 2.05) is 40.7 Å². The molecule has 1 fully saturated rings. The molecule has 1 aliphatic rings. The largest absolute Gasteiger partial charge is 0.337 e. The molecule has 0 radical (unpaired) electrons. The summed E-state index contributed by atoms with van der Waals surface area (Å²) in [6, 6.07) is 9.04. The molecule has 9 nitrogen and oxygen atoms in total. The van der Waals surface area contributed by atoms with Crippen LogP contribution in [-0.2, 0) is 11.8 Å². The summed E-state index contributed by atoms with van der Waals surface area (Å²) in [5, 5.41) is 5.87. The van der Waals surface area contributed by atoms with E-state index in [1.165, 1.54) is 4.68 Å². The standard InChI is InChI=1S/C22H23N7O2/c1-15(20(30)27-10-12-28(13-11-27)22-23-8-5-9-24-22)29-18-7-4-3-6-16(18)17-14-25-26(2)21(31)19(17)29/h3-9,14-15H,10-13H2,1-2H3/t15-/m0/s1. The molecule has 31 heavy (non-hydrogen) atoms. The third kappa shape index (κ3) is 3.13. The summed E-state index contributed by atoms with van der Waals surface area (Å²) in [4.78, 5) is 38.9. The first-order valence-corrected chi connectivity index (χ1v) is 10.3. The van der Waals surface area contributed by atoms with Crippen molar-refractivity contribution in [2.45, 2.75) is 13.0 Å². The molecule has 3 aromatic heterocycles. The van der Waals surface area contributed by atoms with Crippen molar-refractivity contribution in [2.24, 2.45) is 7.05 Å². The molecule has 1 aromatic carbocycles. The summed E-state index contributed by atoms with van der Waals surface area (Å²) >= 11 is 0. The van der Waals surface area contributed by atoms with Gasteiger partial charge in [-0.15, -0.1) is 0 Å². The summed E-state index contributed by atoms with van der Waals surface area (Å²) < 4.78 is 3.18. The first-order valence-electron chi connectivity index (χ1n) is 10.3. The van der Waals surface area contributed by atoms with Gasteiger partial charge in [0.2, 0.25) is 11.9 Å². The number of aromatic nitrogens is 5. The third-order valence-corrected chi connectivity index (χ3v) is 5.98. The van der Waals surface area contributed by atoms with Crippen LogP contribution in [0.15, 0.2) is 53.7 Å². The van der Waals surface area contributed by atoms with Gasteiger partial charge in [0.1, 0.15) is 11.6 Å². The number of carbonyl (C=O) groups excluding carboxylic acids is 1. The van der Waals surface area contributed by atoms with Gasteiger partial charge in [-0.1, -0.05) is 18.2 Å². The predicted molar refractivity (Wildman–Crippen MR) is 118 cm³/mol. The molecular weight excluding hydrogens is 394 g/mol. The lowest BCUT2D eigenvalue weighted by atomic mass is 10.2. The zero-order chi connectivity index (χ0) is 21.5. The van der Waals surface area contributed by atoms with Crippen molar-refractivity contribution in [3.8, 4) is 0 Å². The van der Waals surface area contributed by atoms with Gasteiger partial charge in [-0.3, -0.25) is 9.59 Å². The van der Waals surface area contributed by atoms with Crippen LogP contribution in [0, 0.1) is 0 Å². The van der Waals surface area contributed by atoms with Crippen molar-refractivity contribution in [3.63, 3.8) is 0 Å². The summed E-state index contributed by atoms with van der Waals surface area (Å²) in [7, 11) is 1.63. The van der Waals surface area contributed by atoms with Gasteiger partial charge in [0, 0.05) is 56.4 Å². The Morgan fingerprint density at radius 3 is 2.45 bits per heavy atom. The van der Waals surface area contributed by atoms with E-state index in [0.29, 0.717) is 37.6 Å². The van der Waals surface area contributed by atoms with Gasteiger partial charge in [-0.2, -0.15) is 5.10 Å². The van der Waals surface area contributed by atoms with E-state index in [1.54, 1.807) is 31.7 Å².